The molecule has 4 heteroatoms. The third-order valence-corrected chi connectivity index (χ3v) is 9.72. The van der Waals surface area contributed by atoms with Crippen molar-refractivity contribution >= 4 is 19.9 Å². The number of nitrogens with zero attached hydrogens (tertiary/aromatic N) is 1. The molecular formula is C20H28ClNOSi. The summed E-state index contributed by atoms with van der Waals surface area (Å²) < 4.78 is 6.44. The van der Waals surface area contributed by atoms with Gasteiger partial charge in [0.25, 0.3) is 0 Å². The van der Waals surface area contributed by atoms with Crippen LogP contribution in [-0.2, 0) is 17.5 Å². The summed E-state index contributed by atoms with van der Waals surface area (Å²) in [7, 11) is -1.78. The molecule has 0 N–H and O–H groups in total. The molecule has 2 rings (SSSR count). The van der Waals surface area contributed by atoms with E-state index in [1.165, 1.54) is 16.7 Å². The SMILES string of the molecule is CCc1cnc(Cl)cc1-c1ccccc1CO[Si](C)(C)C(C)(C)C. The first kappa shape index (κ1) is 19.2. The molecule has 1 heterocycles. The molecule has 0 aliphatic carbocycles. The predicted octanol–water partition coefficient (Wildman–Crippen LogP) is 6.49. The van der Waals surface area contributed by atoms with Crippen LogP contribution < -0.4 is 0 Å². The van der Waals surface area contributed by atoms with Crippen molar-refractivity contribution in [1.29, 1.82) is 0 Å². The molecule has 2 nitrogen and oxygen atoms in total. The summed E-state index contributed by atoms with van der Waals surface area (Å²) in [5.41, 5.74) is 4.77. The van der Waals surface area contributed by atoms with Crippen molar-refractivity contribution in [3.63, 3.8) is 0 Å². The Bertz CT molecular complexity index is 707. The molecule has 0 radical (unpaired) electrons. The van der Waals surface area contributed by atoms with Gasteiger partial charge in [-0.15, -0.1) is 0 Å². The fourth-order valence-electron chi connectivity index (χ4n) is 2.37. The maximum absolute atomic E-state index is 6.44. The molecule has 0 fully saturated rings. The Morgan fingerprint density at radius 3 is 2.38 bits per heavy atom. The van der Waals surface area contributed by atoms with Crippen molar-refractivity contribution < 1.29 is 4.43 Å². The molecule has 0 unspecified atom stereocenters. The third kappa shape index (κ3) is 4.27. The summed E-state index contributed by atoms with van der Waals surface area (Å²) in [6.45, 7) is 14.2. The van der Waals surface area contributed by atoms with Gasteiger partial charge >= 0.3 is 0 Å². The van der Waals surface area contributed by atoms with Crippen molar-refractivity contribution in [3.8, 4) is 11.1 Å². The largest absolute Gasteiger partial charge is 0.413 e. The Morgan fingerprint density at radius 1 is 1.08 bits per heavy atom. The van der Waals surface area contributed by atoms with Gasteiger partial charge in [0.2, 0.25) is 0 Å². The van der Waals surface area contributed by atoms with Gasteiger partial charge in [-0.05, 0) is 52.9 Å². The van der Waals surface area contributed by atoms with Crippen LogP contribution in [0.25, 0.3) is 11.1 Å². The Hall–Kier alpha value is -1.16. The van der Waals surface area contributed by atoms with E-state index in [0.29, 0.717) is 11.8 Å². The second-order valence-corrected chi connectivity index (χ2v) is 12.9. The van der Waals surface area contributed by atoms with Crippen LogP contribution in [-0.4, -0.2) is 13.3 Å². The van der Waals surface area contributed by atoms with Crippen molar-refractivity contribution in [3.05, 3.63) is 52.8 Å². The van der Waals surface area contributed by atoms with Gasteiger partial charge in [-0.1, -0.05) is 63.6 Å². The fourth-order valence-corrected chi connectivity index (χ4v) is 3.48. The van der Waals surface area contributed by atoms with Gasteiger partial charge < -0.3 is 4.43 Å². The second-order valence-electron chi connectivity index (χ2n) is 7.72. The first-order chi connectivity index (χ1) is 11.2. The quantitative estimate of drug-likeness (QED) is 0.448. The number of halogens is 1. The van der Waals surface area contributed by atoms with E-state index >= 15 is 0 Å². The molecule has 0 saturated heterocycles. The third-order valence-electron chi connectivity index (χ3n) is 5.04. The number of pyridine rings is 1. The standard InChI is InChI=1S/C20H28ClNOSi/c1-7-15-13-22-19(21)12-18(15)17-11-9-8-10-16(17)14-23-24(5,6)20(2,3)4/h8-13H,7,14H2,1-6H3. The minimum atomic E-state index is -1.78. The van der Waals surface area contributed by atoms with Gasteiger partial charge in [0, 0.05) is 6.20 Å². The smallest absolute Gasteiger partial charge is 0.192 e. The summed E-state index contributed by atoms with van der Waals surface area (Å²) in [4.78, 5) is 4.22. The van der Waals surface area contributed by atoms with Crippen molar-refractivity contribution in [1.82, 2.24) is 4.98 Å². The molecule has 24 heavy (non-hydrogen) atoms. The Labute approximate surface area is 152 Å². The zero-order valence-corrected chi connectivity index (χ0v) is 17.4. The minimum absolute atomic E-state index is 0.205. The highest BCUT2D eigenvalue weighted by Crippen LogP contribution is 2.38. The minimum Gasteiger partial charge on any atom is -0.413 e. The van der Waals surface area contributed by atoms with E-state index in [4.69, 9.17) is 16.0 Å². The first-order valence-corrected chi connectivity index (χ1v) is 11.8. The van der Waals surface area contributed by atoms with E-state index in [1.807, 2.05) is 12.3 Å². The van der Waals surface area contributed by atoms with Crippen LogP contribution in [0.4, 0.5) is 0 Å². The Balaban J connectivity index is 2.37. The van der Waals surface area contributed by atoms with Crippen LogP contribution in [0.1, 0.15) is 38.8 Å². The van der Waals surface area contributed by atoms with Crippen LogP contribution in [0.3, 0.4) is 0 Å². The van der Waals surface area contributed by atoms with E-state index in [9.17, 15) is 0 Å². The molecule has 0 spiro atoms. The highest BCUT2D eigenvalue weighted by molar-refractivity contribution is 6.74. The predicted molar refractivity (Wildman–Crippen MR) is 106 cm³/mol. The molecule has 0 bridgehead atoms. The highest BCUT2D eigenvalue weighted by atomic mass is 35.5. The van der Waals surface area contributed by atoms with Crippen molar-refractivity contribution in [2.45, 2.75) is 58.9 Å². The van der Waals surface area contributed by atoms with Crippen LogP contribution >= 0.6 is 11.6 Å². The van der Waals surface area contributed by atoms with E-state index in [2.05, 4.69) is 70.0 Å². The van der Waals surface area contributed by atoms with Crippen molar-refractivity contribution in [2.24, 2.45) is 0 Å². The lowest BCUT2D eigenvalue weighted by molar-refractivity contribution is 0.277. The van der Waals surface area contributed by atoms with Gasteiger partial charge in [0.05, 0.1) is 6.61 Å². The summed E-state index contributed by atoms with van der Waals surface area (Å²) in [5.74, 6) is 0. The van der Waals surface area contributed by atoms with E-state index in [-0.39, 0.29) is 5.04 Å². The first-order valence-electron chi connectivity index (χ1n) is 8.52. The number of benzene rings is 1. The summed E-state index contributed by atoms with van der Waals surface area (Å²) in [6.07, 6.45) is 2.81. The molecule has 0 saturated carbocycles. The fraction of sp³-hybridized carbons (Fsp3) is 0.450. The highest BCUT2D eigenvalue weighted by Gasteiger charge is 2.37. The zero-order chi connectivity index (χ0) is 18.0. The van der Waals surface area contributed by atoms with Gasteiger partial charge in [0.15, 0.2) is 8.32 Å². The molecule has 0 aliphatic heterocycles. The van der Waals surface area contributed by atoms with Gasteiger partial charge in [0.1, 0.15) is 5.15 Å². The van der Waals surface area contributed by atoms with E-state index in [0.717, 1.165) is 12.0 Å². The number of hydrogen-bond acceptors (Lipinski definition) is 2. The lowest BCUT2D eigenvalue weighted by atomic mass is 9.96. The van der Waals surface area contributed by atoms with Crippen LogP contribution in [0.2, 0.25) is 23.3 Å². The number of aromatic nitrogens is 1. The molecule has 2 aromatic rings. The maximum atomic E-state index is 6.44. The lowest BCUT2D eigenvalue weighted by Gasteiger charge is -2.36. The van der Waals surface area contributed by atoms with Gasteiger partial charge in [-0.25, -0.2) is 4.98 Å². The molecule has 1 aromatic heterocycles. The molecule has 0 atom stereocenters. The van der Waals surface area contributed by atoms with Crippen LogP contribution in [0, 0.1) is 0 Å². The lowest BCUT2D eigenvalue weighted by Crippen LogP contribution is -2.40. The van der Waals surface area contributed by atoms with E-state index < -0.39 is 8.32 Å². The summed E-state index contributed by atoms with van der Waals surface area (Å²) in [6, 6.07) is 10.4. The normalized spacial score (nSPS) is 12.5. The Morgan fingerprint density at radius 2 is 1.75 bits per heavy atom. The molecule has 0 aliphatic rings. The van der Waals surface area contributed by atoms with Gasteiger partial charge in [-0.2, -0.15) is 0 Å². The number of aryl methyl sites for hydroxylation is 1. The zero-order valence-electron chi connectivity index (χ0n) is 15.6. The number of hydrogen-bond donors (Lipinski definition) is 0. The van der Waals surface area contributed by atoms with Crippen molar-refractivity contribution in [2.75, 3.05) is 0 Å². The maximum Gasteiger partial charge on any atom is 0.192 e. The molecule has 130 valence electrons. The molecule has 0 amide bonds. The second kappa shape index (κ2) is 7.38. The summed E-state index contributed by atoms with van der Waals surface area (Å²) in [5, 5.41) is 0.735. The van der Waals surface area contributed by atoms with Gasteiger partial charge in [-0.3, -0.25) is 0 Å². The Kier molecular flexibility index (Phi) is 5.90. The van der Waals surface area contributed by atoms with Crippen LogP contribution in [0.15, 0.2) is 36.5 Å². The average Bonchev–Trinajstić information content (AvgIpc) is 2.52. The topological polar surface area (TPSA) is 22.1 Å². The monoisotopic (exact) mass is 361 g/mol. The average molecular weight is 362 g/mol. The molecular weight excluding hydrogens is 334 g/mol. The summed E-state index contributed by atoms with van der Waals surface area (Å²) >= 11 is 6.15. The molecule has 1 aromatic carbocycles. The van der Waals surface area contributed by atoms with E-state index in [1.54, 1.807) is 0 Å². The number of rotatable bonds is 5. The van der Waals surface area contributed by atoms with Crippen LogP contribution in [0.5, 0.6) is 0 Å².